The third-order valence-electron chi connectivity index (χ3n) is 2.67. The molecule has 6 nitrogen and oxygen atoms in total. The number of nitrogen functional groups attached to an aromatic ring is 1. The fourth-order valence-electron chi connectivity index (χ4n) is 1.80. The Balaban J connectivity index is 2.11. The summed E-state index contributed by atoms with van der Waals surface area (Å²) in [4.78, 5) is 3.92. The maximum atomic E-state index is 12.0. The Hall–Kier alpha value is -1.34. The van der Waals surface area contributed by atoms with Crippen molar-refractivity contribution in [1.29, 1.82) is 0 Å². The summed E-state index contributed by atoms with van der Waals surface area (Å²) in [5, 5.41) is 0. The molecule has 1 aromatic heterocycles. The van der Waals surface area contributed by atoms with E-state index in [2.05, 4.69) is 9.71 Å². The average molecular weight is 256 g/mol. The highest BCUT2D eigenvalue weighted by molar-refractivity contribution is 7.90. The second kappa shape index (κ2) is 4.89. The Morgan fingerprint density at radius 3 is 2.65 bits per heavy atom. The van der Waals surface area contributed by atoms with Crippen LogP contribution in [0.25, 0.3) is 0 Å². The Morgan fingerprint density at radius 1 is 1.29 bits per heavy atom. The first kappa shape index (κ1) is 12.1. The third kappa shape index (κ3) is 3.07. The molecule has 0 amide bonds. The van der Waals surface area contributed by atoms with Crippen molar-refractivity contribution in [3.63, 3.8) is 0 Å². The normalized spacial score (nSPS) is 17.9. The lowest BCUT2D eigenvalue weighted by atomic mass is 10.2. The number of anilines is 2. The van der Waals surface area contributed by atoms with Crippen LogP contribution in [-0.2, 0) is 10.2 Å². The molecule has 2 heterocycles. The fourth-order valence-corrected chi connectivity index (χ4v) is 3.05. The average Bonchev–Trinajstić information content (AvgIpc) is 2.29. The number of aromatic nitrogens is 1. The predicted molar refractivity (Wildman–Crippen MR) is 66.6 cm³/mol. The van der Waals surface area contributed by atoms with Gasteiger partial charge in [-0.1, -0.05) is 6.42 Å². The molecule has 0 aromatic carbocycles. The van der Waals surface area contributed by atoms with Crippen LogP contribution in [0.2, 0.25) is 0 Å². The number of hydrogen-bond donors (Lipinski definition) is 2. The monoisotopic (exact) mass is 256 g/mol. The van der Waals surface area contributed by atoms with Gasteiger partial charge in [0.25, 0.3) is 0 Å². The molecule has 1 aliphatic heterocycles. The molecule has 7 heteroatoms. The Labute approximate surface area is 101 Å². The van der Waals surface area contributed by atoms with Crippen molar-refractivity contribution in [2.45, 2.75) is 19.3 Å². The Bertz CT molecular complexity index is 483. The maximum absolute atomic E-state index is 12.0. The lowest BCUT2D eigenvalue weighted by molar-refractivity contribution is 0.349. The van der Waals surface area contributed by atoms with Gasteiger partial charge in [0.05, 0.1) is 0 Å². The van der Waals surface area contributed by atoms with Gasteiger partial charge < -0.3 is 5.73 Å². The predicted octanol–water partition coefficient (Wildman–Crippen LogP) is 0.806. The van der Waals surface area contributed by atoms with Crippen LogP contribution in [0, 0.1) is 0 Å². The minimum Gasteiger partial charge on any atom is -0.399 e. The summed E-state index contributed by atoms with van der Waals surface area (Å²) in [6, 6.07) is 3.11. The van der Waals surface area contributed by atoms with Crippen molar-refractivity contribution in [3.05, 3.63) is 18.3 Å². The molecule has 0 aliphatic carbocycles. The highest BCUT2D eigenvalue weighted by Crippen LogP contribution is 2.16. The summed E-state index contributed by atoms with van der Waals surface area (Å²) in [5.74, 6) is 0.260. The van der Waals surface area contributed by atoms with E-state index in [0.717, 1.165) is 19.3 Å². The first-order chi connectivity index (χ1) is 8.08. The molecule has 0 bridgehead atoms. The van der Waals surface area contributed by atoms with Gasteiger partial charge in [0, 0.05) is 31.0 Å². The largest absolute Gasteiger partial charge is 0.399 e. The topological polar surface area (TPSA) is 88.3 Å². The van der Waals surface area contributed by atoms with Crippen LogP contribution in [0.4, 0.5) is 11.5 Å². The highest BCUT2D eigenvalue weighted by atomic mass is 32.2. The second-order valence-electron chi connectivity index (χ2n) is 4.04. The molecule has 0 unspecified atom stereocenters. The molecular formula is C10H16N4O2S. The molecule has 1 fully saturated rings. The maximum Gasteiger partial charge on any atom is 0.302 e. The molecule has 3 N–H and O–H groups in total. The quantitative estimate of drug-likeness (QED) is 0.837. The van der Waals surface area contributed by atoms with E-state index in [-0.39, 0.29) is 5.82 Å². The Kier molecular flexibility index (Phi) is 3.49. The minimum absolute atomic E-state index is 0.260. The first-order valence-corrected chi connectivity index (χ1v) is 7.01. The van der Waals surface area contributed by atoms with E-state index in [9.17, 15) is 8.42 Å². The van der Waals surface area contributed by atoms with E-state index in [1.165, 1.54) is 16.6 Å². The molecule has 0 spiro atoms. The number of piperidine rings is 1. The lowest BCUT2D eigenvalue weighted by Gasteiger charge is -2.25. The molecular weight excluding hydrogens is 240 g/mol. The number of nitrogens with zero attached hydrogens (tertiary/aromatic N) is 2. The summed E-state index contributed by atoms with van der Waals surface area (Å²) in [6.07, 6.45) is 4.38. The van der Waals surface area contributed by atoms with Crippen LogP contribution in [0.3, 0.4) is 0 Å². The molecule has 1 saturated heterocycles. The van der Waals surface area contributed by atoms with Crippen molar-refractivity contribution in [1.82, 2.24) is 9.29 Å². The van der Waals surface area contributed by atoms with Crippen LogP contribution in [0.5, 0.6) is 0 Å². The highest BCUT2D eigenvalue weighted by Gasteiger charge is 2.23. The number of rotatable bonds is 3. The van der Waals surface area contributed by atoms with Crippen molar-refractivity contribution in [2.24, 2.45) is 0 Å². The van der Waals surface area contributed by atoms with E-state index < -0.39 is 10.2 Å². The Morgan fingerprint density at radius 2 is 2.00 bits per heavy atom. The van der Waals surface area contributed by atoms with Gasteiger partial charge in [0.15, 0.2) is 0 Å². The first-order valence-electron chi connectivity index (χ1n) is 5.57. The van der Waals surface area contributed by atoms with E-state index in [4.69, 9.17) is 5.73 Å². The number of nitrogens with two attached hydrogens (primary N) is 1. The number of pyridine rings is 1. The summed E-state index contributed by atoms with van der Waals surface area (Å²) < 4.78 is 27.9. The summed E-state index contributed by atoms with van der Waals surface area (Å²) in [6.45, 7) is 1.13. The van der Waals surface area contributed by atoms with Crippen molar-refractivity contribution in [3.8, 4) is 0 Å². The minimum atomic E-state index is -3.49. The molecule has 0 atom stereocenters. The van der Waals surface area contributed by atoms with Crippen LogP contribution < -0.4 is 10.5 Å². The van der Waals surface area contributed by atoms with Crippen LogP contribution >= 0.6 is 0 Å². The molecule has 94 valence electrons. The van der Waals surface area contributed by atoms with Gasteiger partial charge in [-0.3, -0.25) is 4.72 Å². The second-order valence-corrected chi connectivity index (χ2v) is 5.71. The van der Waals surface area contributed by atoms with Gasteiger partial charge in [-0.25, -0.2) is 4.98 Å². The summed E-state index contributed by atoms with van der Waals surface area (Å²) in [5.41, 5.74) is 6.05. The van der Waals surface area contributed by atoms with E-state index in [1.54, 1.807) is 6.07 Å². The van der Waals surface area contributed by atoms with Crippen LogP contribution in [-0.4, -0.2) is 30.8 Å². The van der Waals surface area contributed by atoms with Gasteiger partial charge in [-0.2, -0.15) is 12.7 Å². The zero-order chi connectivity index (χ0) is 12.3. The smallest absolute Gasteiger partial charge is 0.302 e. The van der Waals surface area contributed by atoms with Crippen LogP contribution in [0.15, 0.2) is 18.3 Å². The summed E-state index contributed by atoms with van der Waals surface area (Å²) >= 11 is 0. The molecule has 0 radical (unpaired) electrons. The SMILES string of the molecule is Nc1ccnc(NS(=O)(=O)N2CCCCC2)c1. The van der Waals surface area contributed by atoms with E-state index in [1.807, 2.05) is 0 Å². The van der Waals surface area contributed by atoms with E-state index in [0.29, 0.717) is 18.8 Å². The van der Waals surface area contributed by atoms with Gasteiger partial charge in [-0.05, 0) is 18.9 Å². The van der Waals surface area contributed by atoms with Gasteiger partial charge >= 0.3 is 10.2 Å². The van der Waals surface area contributed by atoms with E-state index >= 15 is 0 Å². The molecule has 0 saturated carbocycles. The molecule has 17 heavy (non-hydrogen) atoms. The van der Waals surface area contributed by atoms with Gasteiger partial charge in [0.2, 0.25) is 0 Å². The van der Waals surface area contributed by atoms with Crippen LogP contribution in [0.1, 0.15) is 19.3 Å². The standard InChI is InChI=1S/C10H16N4O2S/c11-9-4-5-12-10(8-9)13-17(15,16)14-6-2-1-3-7-14/h4-5,8H,1-3,6-7H2,(H3,11,12,13). The third-order valence-corrected chi connectivity index (χ3v) is 4.18. The van der Waals surface area contributed by atoms with Crippen molar-refractivity contribution < 1.29 is 8.42 Å². The molecule has 2 rings (SSSR count). The zero-order valence-electron chi connectivity index (χ0n) is 9.46. The van der Waals surface area contributed by atoms with Gasteiger partial charge in [-0.15, -0.1) is 0 Å². The lowest BCUT2D eigenvalue weighted by Crippen LogP contribution is -2.39. The van der Waals surface area contributed by atoms with Crippen molar-refractivity contribution >= 4 is 21.7 Å². The van der Waals surface area contributed by atoms with Gasteiger partial charge in [0.1, 0.15) is 5.82 Å². The molecule has 1 aliphatic rings. The molecule has 1 aromatic rings. The summed E-state index contributed by atoms with van der Waals surface area (Å²) in [7, 11) is -3.49. The number of hydrogen-bond acceptors (Lipinski definition) is 4. The number of nitrogens with one attached hydrogen (secondary N) is 1. The zero-order valence-corrected chi connectivity index (χ0v) is 10.3. The van der Waals surface area contributed by atoms with Crippen molar-refractivity contribution in [2.75, 3.05) is 23.5 Å². The fraction of sp³-hybridized carbons (Fsp3) is 0.500.